The second kappa shape index (κ2) is 3.08. The van der Waals surface area contributed by atoms with Crippen molar-refractivity contribution in [2.45, 2.75) is 0 Å². The van der Waals surface area contributed by atoms with Gasteiger partial charge in [0.2, 0.25) is 0 Å². The molecular formula is C7H8O3. The van der Waals surface area contributed by atoms with E-state index in [4.69, 9.17) is 5.11 Å². The fourth-order valence-corrected chi connectivity index (χ4v) is 0.632. The zero-order valence-corrected chi connectivity index (χ0v) is 5.57. The zero-order chi connectivity index (χ0) is 7.40. The van der Waals surface area contributed by atoms with Crippen LogP contribution in [0, 0.1) is 0 Å². The van der Waals surface area contributed by atoms with E-state index in [2.05, 4.69) is 9.78 Å². The van der Waals surface area contributed by atoms with Gasteiger partial charge in [-0.3, -0.25) is 0 Å². The summed E-state index contributed by atoms with van der Waals surface area (Å²) in [6.45, 7) is 0. The average Bonchev–Trinajstić information content (AvgIpc) is 1.88. The Balaban J connectivity index is 2.75. The number of hydrogen-bond acceptors (Lipinski definition) is 3. The fraction of sp³-hybridized carbons (Fsp3) is 0.143. The van der Waals surface area contributed by atoms with Crippen molar-refractivity contribution in [3.05, 3.63) is 24.3 Å². The maximum Gasteiger partial charge on any atom is 0.169 e. The van der Waals surface area contributed by atoms with Crippen molar-refractivity contribution in [2.24, 2.45) is 0 Å². The predicted octanol–water partition coefficient (Wildman–Crippen LogP) is 1.33. The molecule has 0 aliphatic rings. The summed E-state index contributed by atoms with van der Waals surface area (Å²) in [7, 11) is 1.41. The zero-order valence-electron chi connectivity index (χ0n) is 5.57. The van der Waals surface area contributed by atoms with Crippen LogP contribution in [0.4, 0.5) is 0 Å². The van der Waals surface area contributed by atoms with Gasteiger partial charge in [-0.05, 0) is 12.1 Å². The number of benzene rings is 1. The van der Waals surface area contributed by atoms with Gasteiger partial charge in [0, 0.05) is 6.07 Å². The lowest BCUT2D eigenvalue weighted by molar-refractivity contribution is -0.178. The highest BCUT2D eigenvalue weighted by atomic mass is 17.2. The van der Waals surface area contributed by atoms with Gasteiger partial charge in [-0.25, -0.2) is 0 Å². The van der Waals surface area contributed by atoms with Crippen LogP contribution in [0.5, 0.6) is 11.5 Å². The quantitative estimate of drug-likeness (QED) is 0.497. The van der Waals surface area contributed by atoms with Crippen molar-refractivity contribution >= 4 is 0 Å². The topological polar surface area (TPSA) is 38.7 Å². The molecule has 0 saturated carbocycles. The summed E-state index contributed by atoms with van der Waals surface area (Å²) >= 11 is 0. The van der Waals surface area contributed by atoms with Gasteiger partial charge < -0.3 is 9.99 Å². The normalized spacial score (nSPS) is 9.30. The molecule has 10 heavy (non-hydrogen) atoms. The molecule has 3 heteroatoms. The van der Waals surface area contributed by atoms with Crippen molar-refractivity contribution < 1.29 is 14.9 Å². The van der Waals surface area contributed by atoms with Crippen molar-refractivity contribution in [1.82, 2.24) is 0 Å². The second-order valence-electron chi connectivity index (χ2n) is 1.75. The van der Waals surface area contributed by atoms with Crippen LogP contribution in [0.25, 0.3) is 0 Å². The van der Waals surface area contributed by atoms with E-state index in [1.165, 1.54) is 13.2 Å². The van der Waals surface area contributed by atoms with Gasteiger partial charge in [0.15, 0.2) is 5.75 Å². The first-order chi connectivity index (χ1) is 4.83. The van der Waals surface area contributed by atoms with E-state index >= 15 is 0 Å². The molecule has 0 aliphatic heterocycles. The van der Waals surface area contributed by atoms with Crippen LogP contribution in [-0.4, -0.2) is 12.2 Å². The molecule has 1 N–H and O–H groups in total. The maximum atomic E-state index is 8.90. The molecule has 1 aromatic rings. The highest BCUT2D eigenvalue weighted by molar-refractivity contribution is 5.31. The number of aromatic hydroxyl groups is 1. The Bertz CT molecular complexity index is 210. The molecule has 0 radical (unpaired) electrons. The van der Waals surface area contributed by atoms with Crippen LogP contribution in [0.15, 0.2) is 24.3 Å². The lowest BCUT2D eigenvalue weighted by atomic mass is 10.3. The minimum atomic E-state index is 0.162. The van der Waals surface area contributed by atoms with Crippen LogP contribution in [0.3, 0.4) is 0 Å². The molecule has 3 nitrogen and oxygen atoms in total. The molecule has 0 unspecified atom stereocenters. The smallest absolute Gasteiger partial charge is 0.169 e. The summed E-state index contributed by atoms with van der Waals surface area (Å²) < 4.78 is 0. The summed E-state index contributed by atoms with van der Waals surface area (Å²) in [5.41, 5.74) is 0. The Morgan fingerprint density at radius 3 is 2.80 bits per heavy atom. The number of hydrogen-bond donors (Lipinski definition) is 1. The van der Waals surface area contributed by atoms with Gasteiger partial charge in [0.1, 0.15) is 5.75 Å². The van der Waals surface area contributed by atoms with Crippen molar-refractivity contribution in [2.75, 3.05) is 7.11 Å². The Hall–Kier alpha value is -1.22. The second-order valence-corrected chi connectivity index (χ2v) is 1.75. The molecule has 0 atom stereocenters. The third-order valence-electron chi connectivity index (χ3n) is 0.997. The average molecular weight is 140 g/mol. The van der Waals surface area contributed by atoms with Crippen molar-refractivity contribution in [3.8, 4) is 11.5 Å². The van der Waals surface area contributed by atoms with Crippen LogP contribution >= 0.6 is 0 Å². The first-order valence-corrected chi connectivity index (χ1v) is 2.82. The molecule has 0 fully saturated rings. The molecular weight excluding hydrogens is 132 g/mol. The van der Waals surface area contributed by atoms with Crippen LogP contribution in [0.2, 0.25) is 0 Å². The first kappa shape index (κ1) is 6.89. The SMILES string of the molecule is COOc1cccc(O)c1. The van der Waals surface area contributed by atoms with E-state index in [1.54, 1.807) is 18.2 Å². The molecule has 0 spiro atoms. The minimum Gasteiger partial charge on any atom is -0.508 e. The molecule has 54 valence electrons. The monoisotopic (exact) mass is 140 g/mol. The molecule has 0 aliphatic carbocycles. The van der Waals surface area contributed by atoms with E-state index in [1.807, 2.05) is 0 Å². The molecule has 0 saturated heterocycles. The summed E-state index contributed by atoms with van der Waals surface area (Å²) in [5.74, 6) is 0.650. The van der Waals surface area contributed by atoms with Gasteiger partial charge in [-0.15, -0.1) is 0 Å². The van der Waals surface area contributed by atoms with Gasteiger partial charge >= 0.3 is 0 Å². The molecule has 0 amide bonds. The van der Waals surface area contributed by atoms with E-state index in [0.717, 1.165) is 0 Å². The molecule has 1 rings (SSSR count). The molecule has 0 heterocycles. The third-order valence-corrected chi connectivity index (χ3v) is 0.997. The summed E-state index contributed by atoms with van der Waals surface area (Å²) in [6.07, 6.45) is 0. The van der Waals surface area contributed by atoms with Crippen LogP contribution in [0.1, 0.15) is 0 Å². The predicted molar refractivity (Wildman–Crippen MR) is 35.7 cm³/mol. The summed E-state index contributed by atoms with van der Waals surface area (Å²) in [5, 5.41) is 8.90. The standard InChI is InChI=1S/C7H8O3/c1-9-10-7-4-2-3-6(8)5-7/h2-5,8H,1H3. The Kier molecular flexibility index (Phi) is 2.12. The van der Waals surface area contributed by atoms with Gasteiger partial charge in [0.05, 0.1) is 7.11 Å². The van der Waals surface area contributed by atoms with Crippen LogP contribution < -0.4 is 4.89 Å². The van der Waals surface area contributed by atoms with Crippen molar-refractivity contribution in [1.29, 1.82) is 0 Å². The molecule has 0 bridgehead atoms. The van der Waals surface area contributed by atoms with Crippen LogP contribution in [-0.2, 0) is 4.89 Å². The van der Waals surface area contributed by atoms with E-state index in [0.29, 0.717) is 5.75 Å². The lowest BCUT2D eigenvalue weighted by Crippen LogP contribution is -1.88. The van der Waals surface area contributed by atoms with Gasteiger partial charge in [0.25, 0.3) is 0 Å². The minimum absolute atomic E-state index is 0.162. The number of phenolic OH excluding ortho intramolecular Hbond substituents is 1. The summed E-state index contributed by atoms with van der Waals surface area (Å²) in [4.78, 5) is 9.00. The highest BCUT2D eigenvalue weighted by Crippen LogP contribution is 2.17. The van der Waals surface area contributed by atoms with Gasteiger partial charge in [-0.1, -0.05) is 6.07 Å². The fourth-order valence-electron chi connectivity index (χ4n) is 0.632. The molecule has 1 aromatic carbocycles. The Morgan fingerprint density at radius 1 is 1.40 bits per heavy atom. The molecule has 0 aromatic heterocycles. The number of rotatable bonds is 2. The highest BCUT2D eigenvalue weighted by Gasteiger charge is 1.92. The van der Waals surface area contributed by atoms with E-state index < -0.39 is 0 Å². The Morgan fingerprint density at radius 2 is 2.20 bits per heavy atom. The largest absolute Gasteiger partial charge is 0.508 e. The third kappa shape index (κ3) is 1.63. The summed E-state index contributed by atoms with van der Waals surface area (Å²) in [6, 6.07) is 6.37. The van der Waals surface area contributed by atoms with E-state index in [9.17, 15) is 0 Å². The van der Waals surface area contributed by atoms with Gasteiger partial charge in [-0.2, -0.15) is 4.89 Å². The Labute approximate surface area is 58.7 Å². The maximum absolute atomic E-state index is 8.90. The first-order valence-electron chi connectivity index (χ1n) is 2.82. The van der Waals surface area contributed by atoms with Crippen molar-refractivity contribution in [3.63, 3.8) is 0 Å². The van der Waals surface area contributed by atoms with E-state index in [-0.39, 0.29) is 5.75 Å². The lowest BCUT2D eigenvalue weighted by Gasteiger charge is -1.99. The number of phenols is 1.